The molecule has 0 bridgehead atoms. The summed E-state index contributed by atoms with van der Waals surface area (Å²) < 4.78 is 4.17. The summed E-state index contributed by atoms with van der Waals surface area (Å²) in [6.07, 6.45) is 8.55. The zero-order valence-electron chi connectivity index (χ0n) is 12.3. The first-order valence-corrected chi connectivity index (χ1v) is 7.16. The molecule has 0 saturated carbocycles. The van der Waals surface area contributed by atoms with Crippen LogP contribution in [-0.2, 0) is 6.54 Å². The maximum Gasteiger partial charge on any atom is 0.108 e. The number of imidazole rings is 2. The Hall–Kier alpha value is -2.10. The van der Waals surface area contributed by atoms with E-state index in [4.69, 9.17) is 0 Å². The van der Waals surface area contributed by atoms with Crippen LogP contribution in [0.5, 0.6) is 0 Å². The lowest BCUT2D eigenvalue weighted by Crippen LogP contribution is -2.30. The third-order valence-electron chi connectivity index (χ3n) is 3.72. The van der Waals surface area contributed by atoms with Crippen LogP contribution in [0.1, 0.15) is 30.9 Å². The molecule has 0 N–H and O–H groups in total. The molecule has 0 aliphatic carbocycles. The Morgan fingerprint density at radius 3 is 2.85 bits per heavy atom. The molecule has 2 aromatic heterocycles. The van der Waals surface area contributed by atoms with Crippen molar-refractivity contribution in [3.63, 3.8) is 0 Å². The van der Waals surface area contributed by atoms with Crippen molar-refractivity contribution in [2.45, 2.75) is 40.2 Å². The summed E-state index contributed by atoms with van der Waals surface area (Å²) >= 11 is 0. The first-order chi connectivity index (χ1) is 9.67. The van der Waals surface area contributed by atoms with Crippen LogP contribution < -0.4 is 9.55 Å². The second kappa shape index (κ2) is 5.12. The zero-order chi connectivity index (χ0) is 14.1. The highest BCUT2D eigenvalue weighted by molar-refractivity contribution is 5.77. The molecule has 4 nitrogen and oxygen atoms in total. The Morgan fingerprint density at radius 1 is 1.25 bits per heavy atom. The van der Waals surface area contributed by atoms with Crippen molar-refractivity contribution >= 4 is 11.0 Å². The maximum atomic E-state index is 4.62. The molecular formula is C16H20N4. The number of fused-ring (bicyclic) bond motifs is 1. The highest BCUT2D eigenvalue weighted by Crippen LogP contribution is 2.17. The molecule has 0 fully saturated rings. The van der Waals surface area contributed by atoms with E-state index in [0.29, 0.717) is 0 Å². The molecule has 104 valence electrons. The van der Waals surface area contributed by atoms with Crippen LogP contribution in [0.15, 0.2) is 30.9 Å². The molecule has 3 rings (SSSR count). The van der Waals surface area contributed by atoms with E-state index >= 15 is 0 Å². The quantitative estimate of drug-likeness (QED) is 0.682. The highest BCUT2D eigenvalue weighted by Gasteiger charge is 2.01. The smallest absolute Gasteiger partial charge is 0.108 e. The van der Waals surface area contributed by atoms with E-state index in [1.807, 2.05) is 10.8 Å². The number of aryl methyl sites for hydroxylation is 3. The molecule has 4 heteroatoms. The Labute approximate surface area is 119 Å². The Kier molecular flexibility index (Phi) is 3.30. The third kappa shape index (κ3) is 2.33. The van der Waals surface area contributed by atoms with Gasteiger partial charge in [-0.15, -0.1) is 0 Å². The van der Waals surface area contributed by atoms with Crippen molar-refractivity contribution in [1.29, 1.82) is 0 Å². The lowest BCUT2D eigenvalue weighted by Gasteiger charge is -2.03. The summed E-state index contributed by atoms with van der Waals surface area (Å²) in [6, 6.07) is 4.21. The van der Waals surface area contributed by atoms with Gasteiger partial charge in [0.1, 0.15) is 6.33 Å². The van der Waals surface area contributed by atoms with Gasteiger partial charge in [-0.05, 0) is 49.7 Å². The lowest BCUT2D eigenvalue weighted by atomic mass is 10.1. The largest absolute Gasteiger partial charge is 0.358 e. The van der Waals surface area contributed by atoms with E-state index in [1.165, 1.54) is 24.0 Å². The average molecular weight is 268 g/mol. The summed E-state index contributed by atoms with van der Waals surface area (Å²) in [4.78, 5) is 9.23. The predicted molar refractivity (Wildman–Crippen MR) is 79.0 cm³/mol. The zero-order valence-corrected chi connectivity index (χ0v) is 12.3. The van der Waals surface area contributed by atoms with Gasteiger partial charge in [-0.2, -0.15) is 0 Å². The molecule has 20 heavy (non-hydrogen) atoms. The second-order valence-electron chi connectivity index (χ2n) is 5.36. The SMILES string of the molecule is CCCC[n+]1ccn(-c2nc3cc(C)c(C)cc3[n-]2)c1. The monoisotopic (exact) mass is 268 g/mol. The summed E-state index contributed by atoms with van der Waals surface area (Å²) in [5.41, 5.74) is 4.46. The van der Waals surface area contributed by atoms with Crippen molar-refractivity contribution in [1.82, 2.24) is 14.5 Å². The third-order valence-corrected chi connectivity index (χ3v) is 3.72. The van der Waals surface area contributed by atoms with Crippen molar-refractivity contribution < 1.29 is 4.57 Å². The van der Waals surface area contributed by atoms with Gasteiger partial charge < -0.3 is 14.5 Å². The van der Waals surface area contributed by atoms with E-state index in [2.05, 4.69) is 60.0 Å². The van der Waals surface area contributed by atoms with Crippen LogP contribution in [0.3, 0.4) is 0 Å². The summed E-state index contributed by atoms with van der Waals surface area (Å²) in [5, 5.41) is 0. The van der Waals surface area contributed by atoms with Gasteiger partial charge in [-0.3, -0.25) is 4.57 Å². The fraction of sp³-hybridized carbons (Fsp3) is 0.375. The number of hydrogen-bond donors (Lipinski definition) is 0. The number of nitrogens with zero attached hydrogens (tertiary/aromatic N) is 4. The van der Waals surface area contributed by atoms with Gasteiger partial charge in [-0.25, -0.2) is 0 Å². The van der Waals surface area contributed by atoms with Gasteiger partial charge in [0.05, 0.1) is 12.7 Å². The lowest BCUT2D eigenvalue weighted by molar-refractivity contribution is -0.696. The Morgan fingerprint density at radius 2 is 2.05 bits per heavy atom. The molecule has 1 aromatic carbocycles. The van der Waals surface area contributed by atoms with Crippen LogP contribution in [0.4, 0.5) is 0 Å². The normalized spacial score (nSPS) is 11.3. The highest BCUT2D eigenvalue weighted by atomic mass is 15.2. The van der Waals surface area contributed by atoms with Crippen LogP contribution in [-0.4, -0.2) is 9.55 Å². The summed E-state index contributed by atoms with van der Waals surface area (Å²) in [7, 11) is 0. The summed E-state index contributed by atoms with van der Waals surface area (Å²) in [5.74, 6) is 0.750. The van der Waals surface area contributed by atoms with E-state index in [-0.39, 0.29) is 0 Å². The number of hydrogen-bond acceptors (Lipinski definition) is 1. The van der Waals surface area contributed by atoms with Crippen LogP contribution in [0.25, 0.3) is 17.0 Å². The number of aromatic nitrogens is 4. The standard InChI is InChI=1S/C16H20N4/c1-4-5-6-19-7-8-20(11-19)16-17-14-9-12(2)13(3)10-15(14)18-16/h7-11H,4-6H2,1-3H3. The molecule has 0 atom stereocenters. The van der Waals surface area contributed by atoms with Gasteiger partial charge in [0.2, 0.25) is 0 Å². The van der Waals surface area contributed by atoms with Crippen molar-refractivity contribution in [2.24, 2.45) is 0 Å². The number of benzene rings is 1. The molecule has 0 spiro atoms. The van der Waals surface area contributed by atoms with Gasteiger partial charge in [0.15, 0.2) is 0 Å². The van der Waals surface area contributed by atoms with Gasteiger partial charge in [-0.1, -0.05) is 13.3 Å². The molecule has 2 heterocycles. The van der Waals surface area contributed by atoms with Gasteiger partial charge in [0.25, 0.3) is 0 Å². The fourth-order valence-electron chi connectivity index (χ4n) is 2.31. The molecule has 3 aromatic rings. The van der Waals surface area contributed by atoms with Crippen LogP contribution >= 0.6 is 0 Å². The molecular weight excluding hydrogens is 248 g/mol. The summed E-state index contributed by atoms with van der Waals surface area (Å²) in [6.45, 7) is 7.46. The molecule has 0 saturated heterocycles. The van der Waals surface area contributed by atoms with E-state index < -0.39 is 0 Å². The molecule has 0 aliphatic rings. The van der Waals surface area contributed by atoms with Gasteiger partial charge >= 0.3 is 0 Å². The minimum absolute atomic E-state index is 0.750. The number of rotatable bonds is 4. The second-order valence-corrected chi connectivity index (χ2v) is 5.36. The fourth-order valence-corrected chi connectivity index (χ4v) is 2.31. The topological polar surface area (TPSA) is 35.8 Å². The van der Waals surface area contributed by atoms with E-state index in [9.17, 15) is 0 Å². The van der Waals surface area contributed by atoms with E-state index in [1.54, 1.807) is 0 Å². The molecule has 0 unspecified atom stereocenters. The van der Waals surface area contributed by atoms with Crippen molar-refractivity contribution in [3.05, 3.63) is 42.0 Å². The average Bonchev–Trinajstić information content (AvgIpc) is 3.03. The first-order valence-electron chi connectivity index (χ1n) is 7.16. The van der Waals surface area contributed by atoms with Crippen LogP contribution in [0.2, 0.25) is 0 Å². The minimum atomic E-state index is 0.750. The minimum Gasteiger partial charge on any atom is -0.358 e. The van der Waals surface area contributed by atoms with Crippen molar-refractivity contribution in [2.75, 3.05) is 0 Å². The van der Waals surface area contributed by atoms with Crippen molar-refractivity contribution in [3.8, 4) is 5.95 Å². The Bertz CT molecular complexity index is 697. The van der Waals surface area contributed by atoms with E-state index in [0.717, 1.165) is 23.5 Å². The van der Waals surface area contributed by atoms with Gasteiger partial charge in [0, 0.05) is 17.0 Å². The predicted octanol–water partition coefficient (Wildman–Crippen LogP) is 2.69. The number of unbranched alkanes of at least 4 members (excludes halogenated alkanes) is 1. The molecule has 0 amide bonds. The molecule has 0 aliphatic heterocycles. The first kappa shape index (κ1) is 12.9. The van der Waals surface area contributed by atoms with Crippen LogP contribution in [0, 0.1) is 13.8 Å². The maximum absolute atomic E-state index is 4.62. The molecule has 0 radical (unpaired) electrons. The Balaban J connectivity index is 1.95.